The predicted molar refractivity (Wildman–Crippen MR) is 52.9 cm³/mol. The summed E-state index contributed by atoms with van der Waals surface area (Å²) in [5.41, 5.74) is 0. The van der Waals surface area contributed by atoms with Crippen LogP contribution in [0.5, 0.6) is 0 Å². The third-order valence-corrected chi connectivity index (χ3v) is 2.80. The maximum absolute atomic E-state index is 11.7. The van der Waals surface area contributed by atoms with Gasteiger partial charge in [0.05, 0.1) is 6.04 Å². The average Bonchev–Trinajstić information content (AvgIpc) is 2.81. The highest BCUT2D eigenvalue weighted by Crippen LogP contribution is 2.28. The molecule has 1 fully saturated rings. The van der Waals surface area contributed by atoms with Gasteiger partial charge in [0.2, 0.25) is 12.3 Å². The summed E-state index contributed by atoms with van der Waals surface area (Å²) in [6.45, 7) is 2.69. The number of nitrogens with zero attached hydrogens (tertiary/aromatic N) is 3. The normalized spacial score (nSPS) is 21.7. The number of piperidine rings is 1. The van der Waals surface area contributed by atoms with Crippen molar-refractivity contribution in [2.45, 2.75) is 38.6 Å². The molecule has 1 saturated heterocycles. The van der Waals surface area contributed by atoms with Gasteiger partial charge in [-0.05, 0) is 19.3 Å². The first kappa shape index (κ1) is 10.1. The van der Waals surface area contributed by atoms with Crippen molar-refractivity contribution in [2.24, 2.45) is 0 Å². The summed E-state index contributed by atoms with van der Waals surface area (Å²) in [6, 6.07) is 0.0185. The quantitative estimate of drug-likeness (QED) is 0.741. The highest BCUT2D eigenvalue weighted by atomic mass is 16.5. The fraction of sp³-hybridized carbons (Fsp3) is 0.700. The second-order valence-electron chi connectivity index (χ2n) is 3.74. The van der Waals surface area contributed by atoms with E-state index in [4.69, 9.17) is 4.52 Å². The topological polar surface area (TPSA) is 59.2 Å². The van der Waals surface area contributed by atoms with Gasteiger partial charge in [0.25, 0.3) is 0 Å². The number of carbonyl (C=O) groups excluding carboxylic acids is 1. The second-order valence-corrected chi connectivity index (χ2v) is 3.74. The molecular weight excluding hydrogens is 194 g/mol. The minimum atomic E-state index is 0.0185. The van der Waals surface area contributed by atoms with E-state index in [1.165, 1.54) is 6.39 Å². The van der Waals surface area contributed by atoms with Crippen LogP contribution in [0, 0.1) is 0 Å². The Hall–Kier alpha value is -1.39. The van der Waals surface area contributed by atoms with Gasteiger partial charge in [0, 0.05) is 13.0 Å². The van der Waals surface area contributed by atoms with Gasteiger partial charge in [-0.1, -0.05) is 12.1 Å². The van der Waals surface area contributed by atoms with Gasteiger partial charge in [-0.3, -0.25) is 4.79 Å². The zero-order valence-corrected chi connectivity index (χ0v) is 8.85. The van der Waals surface area contributed by atoms with Crippen LogP contribution < -0.4 is 0 Å². The standard InChI is InChI=1S/C10H15N3O2/c1-2-9(14)13-6-4-3-5-8(13)10-11-7-15-12-10/h7-8H,2-6H2,1H3. The summed E-state index contributed by atoms with van der Waals surface area (Å²) in [5, 5.41) is 3.83. The lowest BCUT2D eigenvalue weighted by molar-refractivity contribution is -0.134. The molecule has 1 unspecified atom stereocenters. The molecule has 1 aromatic heterocycles. The minimum Gasteiger partial charge on any atom is -0.343 e. The van der Waals surface area contributed by atoms with Crippen LogP contribution in [0.15, 0.2) is 10.9 Å². The molecule has 1 atom stereocenters. The molecule has 0 N–H and O–H groups in total. The van der Waals surface area contributed by atoms with Crippen molar-refractivity contribution in [1.82, 2.24) is 15.0 Å². The number of rotatable bonds is 2. The molecule has 2 rings (SSSR count). The van der Waals surface area contributed by atoms with Crippen LogP contribution >= 0.6 is 0 Å². The molecule has 1 amide bonds. The van der Waals surface area contributed by atoms with Gasteiger partial charge < -0.3 is 9.42 Å². The van der Waals surface area contributed by atoms with Gasteiger partial charge in [-0.15, -0.1) is 0 Å². The monoisotopic (exact) mass is 209 g/mol. The van der Waals surface area contributed by atoms with E-state index in [1.807, 2.05) is 11.8 Å². The Morgan fingerprint density at radius 3 is 3.20 bits per heavy atom. The van der Waals surface area contributed by atoms with E-state index in [2.05, 4.69) is 10.1 Å². The molecule has 15 heavy (non-hydrogen) atoms. The van der Waals surface area contributed by atoms with E-state index in [0.717, 1.165) is 25.8 Å². The van der Waals surface area contributed by atoms with Crippen molar-refractivity contribution < 1.29 is 9.32 Å². The molecule has 1 aromatic rings. The van der Waals surface area contributed by atoms with Crippen molar-refractivity contribution >= 4 is 5.91 Å². The summed E-state index contributed by atoms with van der Waals surface area (Å²) in [4.78, 5) is 17.6. The van der Waals surface area contributed by atoms with Crippen molar-refractivity contribution in [1.29, 1.82) is 0 Å². The highest BCUT2D eigenvalue weighted by Gasteiger charge is 2.29. The summed E-state index contributed by atoms with van der Waals surface area (Å²) in [6.07, 6.45) is 4.98. The Morgan fingerprint density at radius 2 is 2.53 bits per heavy atom. The Balaban J connectivity index is 2.16. The van der Waals surface area contributed by atoms with E-state index in [9.17, 15) is 4.79 Å². The third-order valence-electron chi connectivity index (χ3n) is 2.80. The molecule has 5 nitrogen and oxygen atoms in total. The average molecular weight is 209 g/mol. The van der Waals surface area contributed by atoms with Gasteiger partial charge in [-0.25, -0.2) is 0 Å². The van der Waals surface area contributed by atoms with Gasteiger partial charge >= 0.3 is 0 Å². The van der Waals surface area contributed by atoms with Crippen molar-refractivity contribution in [3.05, 3.63) is 12.2 Å². The molecule has 0 bridgehead atoms. The first-order chi connectivity index (χ1) is 7.33. The Morgan fingerprint density at radius 1 is 1.67 bits per heavy atom. The van der Waals surface area contributed by atoms with Gasteiger partial charge in [0.15, 0.2) is 5.82 Å². The molecule has 82 valence electrons. The van der Waals surface area contributed by atoms with Crippen LogP contribution in [0.3, 0.4) is 0 Å². The highest BCUT2D eigenvalue weighted by molar-refractivity contribution is 5.76. The molecule has 1 aliphatic heterocycles. The van der Waals surface area contributed by atoms with Crippen LogP contribution in [-0.2, 0) is 4.79 Å². The second kappa shape index (κ2) is 4.42. The molecule has 2 heterocycles. The maximum Gasteiger partial charge on any atom is 0.222 e. The van der Waals surface area contributed by atoms with Gasteiger partial charge in [-0.2, -0.15) is 4.98 Å². The molecule has 0 saturated carbocycles. The van der Waals surface area contributed by atoms with Gasteiger partial charge in [0.1, 0.15) is 0 Å². The SMILES string of the molecule is CCC(=O)N1CCCCC1c1ncon1. The van der Waals surface area contributed by atoms with Crippen molar-refractivity contribution in [2.75, 3.05) is 6.54 Å². The first-order valence-corrected chi connectivity index (χ1v) is 5.38. The number of carbonyl (C=O) groups is 1. The fourth-order valence-electron chi connectivity index (χ4n) is 2.03. The maximum atomic E-state index is 11.7. The lowest BCUT2D eigenvalue weighted by Crippen LogP contribution is -2.38. The molecule has 0 radical (unpaired) electrons. The van der Waals surface area contributed by atoms with Crippen molar-refractivity contribution in [3.63, 3.8) is 0 Å². The van der Waals surface area contributed by atoms with E-state index in [-0.39, 0.29) is 11.9 Å². The van der Waals surface area contributed by atoms with Crippen LogP contribution in [0.1, 0.15) is 44.5 Å². The van der Waals surface area contributed by atoms with E-state index < -0.39 is 0 Å². The lowest BCUT2D eigenvalue weighted by atomic mass is 10.0. The Bertz CT molecular complexity index is 323. The number of hydrogen-bond donors (Lipinski definition) is 0. The molecule has 1 aliphatic rings. The van der Waals surface area contributed by atoms with E-state index in [0.29, 0.717) is 12.2 Å². The number of hydrogen-bond acceptors (Lipinski definition) is 4. The Labute approximate surface area is 88.5 Å². The molecule has 0 spiro atoms. The minimum absolute atomic E-state index is 0.0185. The summed E-state index contributed by atoms with van der Waals surface area (Å²) < 4.78 is 4.73. The first-order valence-electron chi connectivity index (χ1n) is 5.38. The summed E-state index contributed by atoms with van der Waals surface area (Å²) in [5.74, 6) is 0.806. The number of aromatic nitrogens is 2. The predicted octanol–water partition coefficient (Wildman–Crippen LogP) is 1.53. The van der Waals surface area contributed by atoms with Crippen LogP contribution in [0.2, 0.25) is 0 Å². The molecular formula is C10H15N3O2. The smallest absolute Gasteiger partial charge is 0.222 e. The molecule has 0 aromatic carbocycles. The summed E-state index contributed by atoms with van der Waals surface area (Å²) >= 11 is 0. The van der Waals surface area contributed by atoms with Crippen LogP contribution in [0.4, 0.5) is 0 Å². The zero-order chi connectivity index (χ0) is 10.7. The van der Waals surface area contributed by atoms with E-state index >= 15 is 0 Å². The van der Waals surface area contributed by atoms with E-state index in [1.54, 1.807) is 0 Å². The Kier molecular flexibility index (Phi) is 2.99. The largest absolute Gasteiger partial charge is 0.343 e. The number of amides is 1. The van der Waals surface area contributed by atoms with Crippen LogP contribution in [0.25, 0.3) is 0 Å². The lowest BCUT2D eigenvalue weighted by Gasteiger charge is -2.33. The summed E-state index contributed by atoms with van der Waals surface area (Å²) in [7, 11) is 0. The third kappa shape index (κ3) is 2.00. The molecule has 0 aliphatic carbocycles. The van der Waals surface area contributed by atoms with Crippen LogP contribution in [-0.4, -0.2) is 27.5 Å². The fourth-order valence-corrected chi connectivity index (χ4v) is 2.03. The number of likely N-dealkylation sites (tertiary alicyclic amines) is 1. The van der Waals surface area contributed by atoms with Crippen molar-refractivity contribution in [3.8, 4) is 0 Å². The molecule has 5 heteroatoms. The zero-order valence-electron chi connectivity index (χ0n) is 8.85.